The van der Waals surface area contributed by atoms with Gasteiger partial charge in [0.15, 0.2) is 0 Å². The molecule has 0 radical (unpaired) electrons. The Hall–Kier alpha value is -0.220. The Kier molecular flexibility index (Phi) is 3.20. The van der Waals surface area contributed by atoms with Crippen molar-refractivity contribution in [2.75, 3.05) is 13.2 Å². The molecular formula is C7H12O3S. The number of carbonyl (C=O) groups is 1. The van der Waals surface area contributed by atoms with Gasteiger partial charge in [-0.2, -0.15) is 12.6 Å². The lowest BCUT2D eigenvalue weighted by molar-refractivity contribution is -0.147. The highest BCUT2D eigenvalue weighted by atomic mass is 32.1. The Balaban J connectivity index is 2.24. The first kappa shape index (κ1) is 8.87. The number of thiol groups is 1. The van der Waals surface area contributed by atoms with E-state index in [4.69, 9.17) is 9.47 Å². The van der Waals surface area contributed by atoms with Gasteiger partial charge in [-0.15, -0.1) is 0 Å². The van der Waals surface area contributed by atoms with E-state index in [-0.39, 0.29) is 17.3 Å². The van der Waals surface area contributed by atoms with Crippen LogP contribution in [-0.4, -0.2) is 30.5 Å². The van der Waals surface area contributed by atoms with Crippen LogP contribution in [0.3, 0.4) is 0 Å². The molecule has 3 nitrogen and oxygen atoms in total. The third kappa shape index (κ3) is 2.71. The second kappa shape index (κ2) is 3.97. The van der Waals surface area contributed by atoms with Crippen LogP contribution in [0.25, 0.3) is 0 Å². The quantitative estimate of drug-likeness (QED) is 0.495. The van der Waals surface area contributed by atoms with Gasteiger partial charge in [0.2, 0.25) is 0 Å². The highest BCUT2D eigenvalue weighted by molar-refractivity contribution is 7.81. The summed E-state index contributed by atoms with van der Waals surface area (Å²) in [4.78, 5) is 10.9. The molecular weight excluding hydrogens is 164 g/mol. The first-order valence-electron chi connectivity index (χ1n) is 3.66. The third-order valence-corrected chi connectivity index (χ3v) is 1.72. The van der Waals surface area contributed by atoms with Crippen molar-refractivity contribution in [1.82, 2.24) is 0 Å². The maximum Gasteiger partial charge on any atom is 0.318 e. The van der Waals surface area contributed by atoms with Gasteiger partial charge in [0.1, 0.15) is 6.10 Å². The van der Waals surface area contributed by atoms with Crippen molar-refractivity contribution < 1.29 is 14.3 Å². The molecule has 0 aromatic carbocycles. The fourth-order valence-corrected chi connectivity index (χ4v) is 0.929. The minimum Gasteiger partial charge on any atom is -0.459 e. The molecule has 1 aliphatic heterocycles. The van der Waals surface area contributed by atoms with Gasteiger partial charge < -0.3 is 9.47 Å². The molecule has 1 aliphatic rings. The number of hydrogen-bond acceptors (Lipinski definition) is 4. The normalized spacial score (nSPS) is 26.5. The summed E-state index contributed by atoms with van der Waals surface area (Å²) in [6.07, 6.45) is 0.767. The standard InChI is InChI=1S/C7H12O3S/c1-5(11)7(8)10-6-2-3-9-4-6/h5-6,11H,2-4H2,1H3. The molecule has 11 heavy (non-hydrogen) atoms. The zero-order valence-electron chi connectivity index (χ0n) is 6.45. The Bertz CT molecular complexity index is 141. The Morgan fingerprint density at radius 3 is 3.00 bits per heavy atom. The minimum absolute atomic E-state index is 0.0444. The first-order valence-corrected chi connectivity index (χ1v) is 4.18. The van der Waals surface area contributed by atoms with E-state index in [2.05, 4.69) is 12.6 Å². The predicted molar refractivity (Wildman–Crippen MR) is 43.8 cm³/mol. The lowest BCUT2D eigenvalue weighted by Gasteiger charge is -2.10. The predicted octanol–water partition coefficient (Wildman–Crippen LogP) is 0.637. The maximum atomic E-state index is 10.9. The van der Waals surface area contributed by atoms with Gasteiger partial charge in [-0.25, -0.2) is 0 Å². The van der Waals surface area contributed by atoms with Crippen LogP contribution >= 0.6 is 12.6 Å². The molecule has 1 saturated heterocycles. The molecule has 2 unspecified atom stereocenters. The van der Waals surface area contributed by atoms with Crippen LogP contribution in [0.4, 0.5) is 0 Å². The Morgan fingerprint density at radius 1 is 1.82 bits per heavy atom. The monoisotopic (exact) mass is 176 g/mol. The second-order valence-electron chi connectivity index (χ2n) is 2.60. The summed E-state index contributed by atoms with van der Waals surface area (Å²) in [5.74, 6) is -0.260. The van der Waals surface area contributed by atoms with Crippen LogP contribution in [-0.2, 0) is 14.3 Å². The van der Waals surface area contributed by atoms with Crippen molar-refractivity contribution in [3.63, 3.8) is 0 Å². The molecule has 0 N–H and O–H groups in total. The zero-order valence-corrected chi connectivity index (χ0v) is 7.34. The highest BCUT2D eigenvalue weighted by Crippen LogP contribution is 2.10. The molecule has 0 saturated carbocycles. The summed E-state index contributed by atoms with van der Waals surface area (Å²) in [5.41, 5.74) is 0. The largest absolute Gasteiger partial charge is 0.459 e. The third-order valence-electron chi connectivity index (χ3n) is 1.51. The van der Waals surface area contributed by atoms with Gasteiger partial charge in [-0.3, -0.25) is 4.79 Å². The summed E-state index contributed by atoms with van der Waals surface area (Å²) in [5, 5.41) is -0.337. The van der Waals surface area contributed by atoms with Crippen molar-refractivity contribution in [2.45, 2.75) is 24.7 Å². The van der Waals surface area contributed by atoms with E-state index in [1.807, 2.05) is 0 Å². The summed E-state index contributed by atoms with van der Waals surface area (Å²) in [7, 11) is 0. The Labute approximate surface area is 71.5 Å². The van der Waals surface area contributed by atoms with Crippen molar-refractivity contribution >= 4 is 18.6 Å². The fraction of sp³-hybridized carbons (Fsp3) is 0.857. The molecule has 0 aromatic rings. The van der Waals surface area contributed by atoms with Gasteiger partial charge in [0.05, 0.1) is 18.5 Å². The molecule has 0 bridgehead atoms. The van der Waals surface area contributed by atoms with Crippen LogP contribution in [0.5, 0.6) is 0 Å². The number of ether oxygens (including phenoxy) is 2. The SMILES string of the molecule is CC(S)C(=O)OC1CCOC1. The summed E-state index contributed by atoms with van der Waals surface area (Å²) in [6.45, 7) is 2.92. The van der Waals surface area contributed by atoms with Crippen LogP contribution in [0.2, 0.25) is 0 Å². The van der Waals surface area contributed by atoms with E-state index in [0.717, 1.165) is 6.42 Å². The summed E-state index contributed by atoms with van der Waals surface area (Å²) in [6, 6.07) is 0. The number of rotatable bonds is 2. The van der Waals surface area contributed by atoms with E-state index < -0.39 is 0 Å². The van der Waals surface area contributed by atoms with Crippen LogP contribution < -0.4 is 0 Å². The van der Waals surface area contributed by atoms with Gasteiger partial charge in [-0.1, -0.05) is 0 Å². The fourth-order valence-electron chi connectivity index (χ4n) is 0.869. The van der Waals surface area contributed by atoms with E-state index >= 15 is 0 Å². The molecule has 0 aliphatic carbocycles. The number of carbonyl (C=O) groups excluding carboxylic acids is 1. The zero-order chi connectivity index (χ0) is 8.27. The van der Waals surface area contributed by atoms with Crippen molar-refractivity contribution in [3.05, 3.63) is 0 Å². The van der Waals surface area contributed by atoms with Crippen LogP contribution in [0.1, 0.15) is 13.3 Å². The number of hydrogen-bond donors (Lipinski definition) is 1. The van der Waals surface area contributed by atoms with Crippen molar-refractivity contribution in [1.29, 1.82) is 0 Å². The topological polar surface area (TPSA) is 35.5 Å². The first-order chi connectivity index (χ1) is 5.20. The minimum atomic E-state index is -0.337. The van der Waals surface area contributed by atoms with E-state index in [9.17, 15) is 4.79 Å². The highest BCUT2D eigenvalue weighted by Gasteiger charge is 2.21. The number of esters is 1. The Morgan fingerprint density at radius 2 is 2.55 bits per heavy atom. The molecule has 4 heteroatoms. The summed E-state index contributed by atoms with van der Waals surface area (Å²) < 4.78 is 10.1. The molecule has 0 amide bonds. The maximum absolute atomic E-state index is 10.9. The molecule has 1 heterocycles. The molecule has 2 atom stereocenters. The van der Waals surface area contributed by atoms with E-state index in [0.29, 0.717) is 13.2 Å². The second-order valence-corrected chi connectivity index (χ2v) is 3.37. The van der Waals surface area contributed by atoms with E-state index in [1.54, 1.807) is 6.92 Å². The lowest BCUT2D eigenvalue weighted by Crippen LogP contribution is -2.23. The smallest absolute Gasteiger partial charge is 0.318 e. The van der Waals surface area contributed by atoms with Crippen LogP contribution in [0.15, 0.2) is 0 Å². The average Bonchev–Trinajstić information content (AvgIpc) is 2.39. The van der Waals surface area contributed by atoms with Gasteiger partial charge in [0, 0.05) is 6.42 Å². The molecule has 64 valence electrons. The van der Waals surface area contributed by atoms with Crippen molar-refractivity contribution in [3.8, 4) is 0 Å². The van der Waals surface area contributed by atoms with Gasteiger partial charge in [0.25, 0.3) is 0 Å². The molecule has 1 rings (SSSR count). The van der Waals surface area contributed by atoms with Gasteiger partial charge in [-0.05, 0) is 6.92 Å². The molecule has 0 spiro atoms. The molecule has 1 fully saturated rings. The molecule has 0 aromatic heterocycles. The summed E-state index contributed by atoms with van der Waals surface area (Å²) >= 11 is 3.95. The average molecular weight is 176 g/mol. The van der Waals surface area contributed by atoms with Crippen molar-refractivity contribution in [2.24, 2.45) is 0 Å². The van der Waals surface area contributed by atoms with E-state index in [1.165, 1.54) is 0 Å². The van der Waals surface area contributed by atoms with Gasteiger partial charge >= 0.3 is 5.97 Å². The lowest BCUT2D eigenvalue weighted by atomic mass is 10.3. The van der Waals surface area contributed by atoms with Crippen LogP contribution in [0, 0.1) is 0 Å².